The van der Waals surface area contributed by atoms with E-state index in [1.54, 1.807) is 62.6 Å². The van der Waals surface area contributed by atoms with Crippen molar-refractivity contribution in [3.05, 3.63) is 128 Å². The monoisotopic (exact) mass is 670 g/mol. The number of hydrogen-bond donors (Lipinski definition) is 1. The first-order valence-electron chi connectivity index (χ1n) is 13.4. The van der Waals surface area contributed by atoms with Gasteiger partial charge in [-0.25, -0.2) is 4.79 Å². The van der Waals surface area contributed by atoms with Crippen molar-refractivity contribution in [1.82, 2.24) is 0 Å². The molecule has 1 aliphatic heterocycles. The van der Waals surface area contributed by atoms with Crippen LogP contribution in [-0.4, -0.2) is 13.1 Å². The van der Waals surface area contributed by atoms with E-state index in [0.717, 1.165) is 21.0 Å². The second kappa shape index (κ2) is 12.0. The number of methoxy groups -OCH3 is 1. The third-order valence-corrected chi connectivity index (χ3v) is 8.06. The number of furan rings is 1. The third-order valence-electron chi connectivity index (χ3n) is 7.31. The Bertz CT molecular complexity index is 1990. The van der Waals surface area contributed by atoms with E-state index in [1.165, 1.54) is 0 Å². The first kappa shape index (κ1) is 29.2. The highest BCUT2D eigenvalue weighted by Gasteiger charge is 2.32. The average Bonchev–Trinajstić information content (AvgIpc) is 3.35. The van der Waals surface area contributed by atoms with E-state index in [4.69, 9.17) is 40.7 Å². The third kappa shape index (κ3) is 5.57. The molecule has 10 heteroatoms. The molecule has 1 unspecified atom stereocenters. The van der Waals surface area contributed by atoms with Gasteiger partial charge in [0.1, 0.15) is 35.3 Å². The molecule has 2 N–H and O–H groups in total. The molecule has 0 fully saturated rings. The number of fused-ring (bicyclic) bond motifs is 2. The van der Waals surface area contributed by atoms with Gasteiger partial charge in [0, 0.05) is 32.1 Å². The van der Waals surface area contributed by atoms with Crippen LogP contribution < -0.4 is 24.7 Å². The van der Waals surface area contributed by atoms with Gasteiger partial charge in [-0.1, -0.05) is 51.8 Å². The van der Waals surface area contributed by atoms with E-state index in [0.29, 0.717) is 45.6 Å². The lowest BCUT2D eigenvalue weighted by Crippen LogP contribution is -2.21. The highest BCUT2D eigenvalue weighted by atomic mass is 79.9. The number of halogens is 2. The van der Waals surface area contributed by atoms with Crippen LogP contribution in [0, 0.1) is 18.3 Å². The Hall–Kier alpha value is -4.91. The molecule has 0 bridgehead atoms. The molecule has 0 aliphatic carbocycles. The number of nitrogens with zero attached hydrogens (tertiary/aromatic N) is 1. The fourth-order valence-electron chi connectivity index (χ4n) is 5.11. The fraction of sp³-hybridized carbons (Fsp3) is 0.118. The van der Waals surface area contributed by atoms with Gasteiger partial charge in [0.2, 0.25) is 11.6 Å². The van der Waals surface area contributed by atoms with Crippen molar-refractivity contribution in [2.75, 3.05) is 7.11 Å². The van der Waals surface area contributed by atoms with Crippen LogP contribution >= 0.6 is 27.5 Å². The summed E-state index contributed by atoms with van der Waals surface area (Å²) in [4.78, 5) is 13.1. The van der Waals surface area contributed by atoms with Crippen LogP contribution in [0.25, 0.3) is 11.0 Å². The molecule has 220 valence electrons. The summed E-state index contributed by atoms with van der Waals surface area (Å²) in [5.74, 6) is 0.435. The van der Waals surface area contributed by atoms with Crippen LogP contribution in [0.15, 0.2) is 99.2 Å². The molecule has 1 atom stereocenters. The Morgan fingerprint density at radius 3 is 2.59 bits per heavy atom. The number of aryl methyl sites for hydroxylation is 1. The first-order valence-corrected chi connectivity index (χ1v) is 14.6. The molecule has 6 rings (SSSR count). The highest BCUT2D eigenvalue weighted by Crippen LogP contribution is 2.45. The lowest BCUT2D eigenvalue weighted by atomic mass is 9.83. The van der Waals surface area contributed by atoms with E-state index in [1.807, 2.05) is 30.3 Å². The quantitative estimate of drug-likeness (QED) is 0.136. The molecule has 0 saturated heterocycles. The second-order valence-corrected chi connectivity index (χ2v) is 11.4. The van der Waals surface area contributed by atoms with Gasteiger partial charge >= 0.3 is 5.97 Å². The maximum Gasteiger partial charge on any atom is 0.379 e. The number of nitriles is 1. The van der Waals surface area contributed by atoms with E-state index >= 15 is 0 Å². The van der Waals surface area contributed by atoms with Gasteiger partial charge in [0.05, 0.1) is 13.0 Å². The summed E-state index contributed by atoms with van der Waals surface area (Å²) in [7, 11) is 1.55. The zero-order chi connectivity index (χ0) is 31.0. The number of benzene rings is 4. The zero-order valence-corrected chi connectivity index (χ0v) is 25.9. The van der Waals surface area contributed by atoms with Crippen LogP contribution in [0.2, 0.25) is 5.02 Å². The molecule has 44 heavy (non-hydrogen) atoms. The SMILES string of the molecule is COc1cc(C2C(C#N)=C(N)Oc3cc(OC(=O)c4oc5ccc(Br)cc5c4C)ccc32)ccc1OCc1ccc(Cl)cc1. The second-order valence-electron chi connectivity index (χ2n) is 10.0. The summed E-state index contributed by atoms with van der Waals surface area (Å²) in [6.07, 6.45) is 0. The lowest BCUT2D eigenvalue weighted by Gasteiger charge is -2.27. The van der Waals surface area contributed by atoms with E-state index in [9.17, 15) is 10.1 Å². The molecular weight excluding hydrogens is 648 g/mol. The van der Waals surface area contributed by atoms with Gasteiger partial charge in [0.25, 0.3) is 0 Å². The van der Waals surface area contributed by atoms with E-state index in [2.05, 4.69) is 22.0 Å². The highest BCUT2D eigenvalue weighted by molar-refractivity contribution is 9.10. The maximum absolute atomic E-state index is 13.1. The van der Waals surface area contributed by atoms with E-state index in [-0.39, 0.29) is 23.0 Å². The molecule has 1 aliphatic rings. The molecular formula is C34H24BrClN2O6. The number of carbonyl (C=O) groups is 1. The van der Waals surface area contributed by atoms with Crippen molar-refractivity contribution in [2.45, 2.75) is 19.4 Å². The summed E-state index contributed by atoms with van der Waals surface area (Å²) in [5.41, 5.74) is 10.0. The van der Waals surface area contributed by atoms with Gasteiger partial charge in [0.15, 0.2) is 11.5 Å². The molecule has 0 amide bonds. The Labute approximate surface area is 266 Å². The number of carbonyl (C=O) groups excluding carboxylic acids is 1. The maximum atomic E-state index is 13.1. The Morgan fingerprint density at radius 1 is 1.05 bits per heavy atom. The summed E-state index contributed by atoms with van der Waals surface area (Å²) in [5, 5.41) is 11.5. The van der Waals surface area contributed by atoms with E-state index < -0.39 is 11.9 Å². The van der Waals surface area contributed by atoms with Crippen LogP contribution in [0.3, 0.4) is 0 Å². The summed E-state index contributed by atoms with van der Waals surface area (Å²) in [6, 6.07) is 25.4. The molecule has 1 aromatic heterocycles. The van der Waals surface area contributed by atoms with Crippen LogP contribution in [0.5, 0.6) is 23.0 Å². The Balaban J connectivity index is 1.28. The van der Waals surface area contributed by atoms with Crippen molar-refractivity contribution in [3.8, 4) is 29.1 Å². The number of nitrogens with two attached hydrogens (primary N) is 1. The summed E-state index contributed by atoms with van der Waals surface area (Å²) >= 11 is 9.43. The van der Waals surface area contributed by atoms with Crippen LogP contribution in [0.1, 0.15) is 38.7 Å². The van der Waals surface area contributed by atoms with Crippen molar-refractivity contribution >= 4 is 44.5 Å². The molecule has 4 aromatic carbocycles. The van der Waals surface area contributed by atoms with Crippen LogP contribution in [0.4, 0.5) is 0 Å². The van der Waals surface area contributed by atoms with Crippen LogP contribution in [-0.2, 0) is 6.61 Å². The number of ether oxygens (including phenoxy) is 4. The summed E-state index contributed by atoms with van der Waals surface area (Å²) < 4.78 is 29.8. The molecule has 0 saturated carbocycles. The number of rotatable bonds is 7. The zero-order valence-electron chi connectivity index (χ0n) is 23.5. The number of hydrogen-bond acceptors (Lipinski definition) is 8. The normalized spacial score (nSPS) is 14.0. The predicted octanol–water partition coefficient (Wildman–Crippen LogP) is 8.18. The lowest BCUT2D eigenvalue weighted by molar-refractivity contribution is 0.0702. The smallest absolute Gasteiger partial charge is 0.379 e. The van der Waals surface area contributed by atoms with Crippen molar-refractivity contribution < 1.29 is 28.2 Å². The van der Waals surface area contributed by atoms with Gasteiger partial charge in [-0.05, 0) is 66.6 Å². The van der Waals surface area contributed by atoms with Gasteiger partial charge in [-0.2, -0.15) is 5.26 Å². The standard InChI is InChI=1S/C34H24BrClN2O6/c1-18-25-14-21(35)6-12-27(25)43-32(18)34(39)42-23-9-10-24-29(15-23)44-33(38)26(16-37)31(24)20-5-11-28(30(13-20)40-2)41-17-19-3-7-22(36)8-4-19/h3-15,31H,17,38H2,1-2H3. The van der Waals surface area contributed by atoms with Crippen molar-refractivity contribution in [1.29, 1.82) is 5.26 Å². The minimum absolute atomic E-state index is 0.0470. The minimum atomic E-state index is -0.651. The number of allylic oxidation sites excluding steroid dienone is 1. The Morgan fingerprint density at radius 2 is 1.84 bits per heavy atom. The fourth-order valence-corrected chi connectivity index (χ4v) is 5.60. The molecule has 8 nitrogen and oxygen atoms in total. The van der Waals surface area contributed by atoms with Crippen molar-refractivity contribution in [2.24, 2.45) is 5.73 Å². The largest absolute Gasteiger partial charge is 0.493 e. The van der Waals surface area contributed by atoms with Crippen molar-refractivity contribution in [3.63, 3.8) is 0 Å². The molecule has 0 spiro atoms. The molecule has 5 aromatic rings. The van der Waals surface area contributed by atoms with Gasteiger partial charge in [-0.15, -0.1) is 0 Å². The number of esters is 1. The average molecular weight is 672 g/mol. The predicted molar refractivity (Wildman–Crippen MR) is 168 cm³/mol. The first-order chi connectivity index (χ1) is 21.2. The molecule has 2 heterocycles. The minimum Gasteiger partial charge on any atom is -0.493 e. The molecule has 0 radical (unpaired) electrons. The van der Waals surface area contributed by atoms with Gasteiger partial charge < -0.3 is 29.1 Å². The summed E-state index contributed by atoms with van der Waals surface area (Å²) in [6.45, 7) is 2.11. The van der Waals surface area contributed by atoms with Gasteiger partial charge in [-0.3, -0.25) is 0 Å². The topological polar surface area (TPSA) is 117 Å². The Kier molecular flexibility index (Phi) is 7.95.